The van der Waals surface area contributed by atoms with E-state index in [1.165, 1.54) is 0 Å². The molecule has 0 spiro atoms. The summed E-state index contributed by atoms with van der Waals surface area (Å²) < 4.78 is 0. The van der Waals surface area contributed by atoms with Crippen LogP contribution in [-0.2, 0) is 0 Å². The minimum Gasteiger partial charge on any atom is -0.0991 e. The van der Waals surface area contributed by atoms with Gasteiger partial charge < -0.3 is 0 Å². The van der Waals surface area contributed by atoms with Gasteiger partial charge in [-0.25, -0.2) is 0 Å². The first kappa shape index (κ1) is 10.4. The van der Waals surface area contributed by atoms with Gasteiger partial charge in [0.1, 0.15) is 0 Å². The molecule has 62 valence electrons. The van der Waals surface area contributed by atoms with Gasteiger partial charge in [0.25, 0.3) is 0 Å². The maximum absolute atomic E-state index is 3.56. The maximum atomic E-state index is 3.56. The molecule has 0 rings (SSSR count). The highest BCUT2D eigenvalue weighted by Gasteiger charge is 1.60. The van der Waals surface area contributed by atoms with E-state index in [2.05, 4.69) is 13.2 Å². The average molecular weight is 158 g/mol. The van der Waals surface area contributed by atoms with Gasteiger partial charge in [-0.1, -0.05) is 73.9 Å². The van der Waals surface area contributed by atoms with Crippen molar-refractivity contribution < 1.29 is 0 Å². The number of rotatable bonds is 5. The lowest BCUT2D eigenvalue weighted by molar-refractivity contribution is 1.86. The van der Waals surface area contributed by atoms with Gasteiger partial charge in [-0.15, -0.1) is 0 Å². The molecule has 0 unspecified atom stereocenters. The summed E-state index contributed by atoms with van der Waals surface area (Å²) in [7, 11) is 0. The summed E-state index contributed by atoms with van der Waals surface area (Å²) in [6.45, 7) is 7.12. The third kappa shape index (κ3) is 8.44. The van der Waals surface area contributed by atoms with Crippen molar-refractivity contribution in [2.45, 2.75) is 0 Å². The number of allylic oxidation sites excluding steroid dienone is 10. The first-order valence-electron chi connectivity index (χ1n) is 3.82. The summed E-state index contributed by atoms with van der Waals surface area (Å²) in [6, 6.07) is 0. The smallest absolute Gasteiger partial charge is 0.0623 e. The van der Waals surface area contributed by atoms with E-state index in [0.29, 0.717) is 0 Å². The molecule has 0 heterocycles. The van der Waals surface area contributed by atoms with E-state index < -0.39 is 0 Å². The van der Waals surface area contributed by atoms with E-state index in [9.17, 15) is 0 Å². The summed E-state index contributed by atoms with van der Waals surface area (Å²) >= 11 is 0. The predicted molar refractivity (Wildman–Crippen MR) is 57.0 cm³/mol. The molecule has 0 radical (unpaired) electrons. The van der Waals surface area contributed by atoms with Crippen LogP contribution in [0.2, 0.25) is 0 Å². The van der Waals surface area contributed by atoms with Crippen molar-refractivity contribution in [3.05, 3.63) is 73.9 Å². The van der Waals surface area contributed by atoms with E-state index >= 15 is 0 Å². The summed E-state index contributed by atoms with van der Waals surface area (Å²) in [5.41, 5.74) is 0. The van der Waals surface area contributed by atoms with Crippen LogP contribution in [0, 0.1) is 0 Å². The predicted octanol–water partition coefficient (Wildman–Crippen LogP) is 3.58. The van der Waals surface area contributed by atoms with Crippen LogP contribution < -0.4 is 0 Å². The Hall–Kier alpha value is -1.56. The molecule has 0 atom stereocenters. The summed E-state index contributed by atoms with van der Waals surface area (Å²) in [4.78, 5) is 0. The molecule has 0 fully saturated rings. The van der Waals surface area contributed by atoms with Crippen molar-refractivity contribution in [3.63, 3.8) is 0 Å². The van der Waals surface area contributed by atoms with Crippen molar-refractivity contribution in [1.29, 1.82) is 0 Å². The van der Waals surface area contributed by atoms with Gasteiger partial charge in [0.05, 0.1) is 0 Å². The highest BCUT2D eigenvalue weighted by atomic mass is 13.7. The standard InChI is InChI=1S/C12H14/c1-3-5-7-9-11-12-10-8-6-4-2/h3-12H,1-2H2/b7-5+,8-6+,11-9+,12-10+. The van der Waals surface area contributed by atoms with E-state index in [0.717, 1.165) is 0 Å². The second-order valence-corrected chi connectivity index (χ2v) is 2.01. The van der Waals surface area contributed by atoms with Crippen LogP contribution in [0.5, 0.6) is 0 Å². The topological polar surface area (TPSA) is 0 Å². The summed E-state index contributed by atoms with van der Waals surface area (Å²) in [5, 5.41) is 0. The van der Waals surface area contributed by atoms with Gasteiger partial charge in [0, 0.05) is 0 Å². The van der Waals surface area contributed by atoms with Crippen LogP contribution >= 0.6 is 0 Å². The zero-order chi connectivity index (χ0) is 9.07. The highest BCUT2D eigenvalue weighted by Crippen LogP contribution is 1.82. The van der Waals surface area contributed by atoms with Crippen LogP contribution in [0.4, 0.5) is 0 Å². The number of hydrogen-bond donors (Lipinski definition) is 0. The molecule has 12 heavy (non-hydrogen) atoms. The molecule has 0 aromatic heterocycles. The molecule has 0 heteroatoms. The monoisotopic (exact) mass is 158 g/mol. The van der Waals surface area contributed by atoms with Crippen LogP contribution in [0.1, 0.15) is 0 Å². The summed E-state index contributed by atoms with van der Waals surface area (Å²) in [5.74, 6) is 0. The molecule has 0 aliphatic heterocycles. The van der Waals surface area contributed by atoms with Crippen molar-refractivity contribution >= 4 is 0 Å². The fourth-order valence-electron chi connectivity index (χ4n) is 0.542. The zero-order valence-corrected chi connectivity index (χ0v) is 7.19. The zero-order valence-electron chi connectivity index (χ0n) is 7.19. The second kappa shape index (κ2) is 9.44. The first-order valence-corrected chi connectivity index (χ1v) is 3.82. The molecule has 0 amide bonds. The Morgan fingerprint density at radius 3 is 0.917 bits per heavy atom. The van der Waals surface area contributed by atoms with E-state index in [1.54, 1.807) is 12.2 Å². The lowest BCUT2D eigenvalue weighted by atomic mass is 10.4. The molecule has 0 aromatic carbocycles. The Morgan fingerprint density at radius 2 is 0.667 bits per heavy atom. The molecular weight excluding hydrogens is 144 g/mol. The summed E-state index contributed by atoms with van der Waals surface area (Å²) in [6.07, 6.45) is 18.9. The largest absolute Gasteiger partial charge is 0.0991 e. The SMILES string of the molecule is C=C/C=C/C=C/C=C/C=C/C=C. The first-order chi connectivity index (χ1) is 5.91. The molecule has 0 bridgehead atoms. The van der Waals surface area contributed by atoms with E-state index in [-0.39, 0.29) is 0 Å². The Balaban J connectivity index is 3.65. The third-order valence-electron chi connectivity index (χ3n) is 1.05. The maximum Gasteiger partial charge on any atom is -0.0623 e. The molecule has 0 saturated heterocycles. The van der Waals surface area contributed by atoms with Crippen LogP contribution in [0.15, 0.2) is 73.9 Å². The Morgan fingerprint density at radius 1 is 0.417 bits per heavy atom. The van der Waals surface area contributed by atoms with Gasteiger partial charge in [-0.2, -0.15) is 0 Å². The average Bonchev–Trinajstić information content (AvgIpc) is 2.10. The lowest BCUT2D eigenvalue weighted by Crippen LogP contribution is -1.50. The second-order valence-electron chi connectivity index (χ2n) is 2.01. The molecule has 0 aliphatic rings. The molecule has 0 aliphatic carbocycles. The fourth-order valence-corrected chi connectivity index (χ4v) is 0.542. The van der Waals surface area contributed by atoms with E-state index in [1.807, 2.05) is 48.6 Å². The normalized spacial score (nSPS) is 12.3. The quantitative estimate of drug-likeness (QED) is 0.536. The van der Waals surface area contributed by atoms with Gasteiger partial charge in [-0.05, 0) is 0 Å². The van der Waals surface area contributed by atoms with Crippen molar-refractivity contribution in [2.75, 3.05) is 0 Å². The van der Waals surface area contributed by atoms with Gasteiger partial charge >= 0.3 is 0 Å². The Kier molecular flexibility index (Phi) is 8.21. The minimum atomic E-state index is 1.74. The van der Waals surface area contributed by atoms with Crippen LogP contribution in [0.3, 0.4) is 0 Å². The number of hydrogen-bond acceptors (Lipinski definition) is 0. The fraction of sp³-hybridized carbons (Fsp3) is 0. The van der Waals surface area contributed by atoms with Crippen molar-refractivity contribution in [1.82, 2.24) is 0 Å². The Bertz CT molecular complexity index is 198. The van der Waals surface area contributed by atoms with Gasteiger partial charge in [0.2, 0.25) is 0 Å². The third-order valence-corrected chi connectivity index (χ3v) is 1.05. The molecular formula is C12H14. The molecule has 0 nitrogen and oxygen atoms in total. The lowest BCUT2D eigenvalue weighted by Gasteiger charge is -1.72. The van der Waals surface area contributed by atoms with Crippen LogP contribution in [-0.4, -0.2) is 0 Å². The molecule has 0 N–H and O–H groups in total. The van der Waals surface area contributed by atoms with Gasteiger partial charge in [0.15, 0.2) is 0 Å². The van der Waals surface area contributed by atoms with Crippen molar-refractivity contribution in [3.8, 4) is 0 Å². The van der Waals surface area contributed by atoms with Crippen molar-refractivity contribution in [2.24, 2.45) is 0 Å². The van der Waals surface area contributed by atoms with Crippen LogP contribution in [0.25, 0.3) is 0 Å². The Labute approximate surface area is 74.6 Å². The van der Waals surface area contributed by atoms with Gasteiger partial charge in [-0.3, -0.25) is 0 Å². The molecule has 0 saturated carbocycles. The minimum absolute atomic E-state index is 1.74. The molecule has 0 aromatic rings. The van der Waals surface area contributed by atoms with E-state index in [4.69, 9.17) is 0 Å². The highest BCUT2D eigenvalue weighted by molar-refractivity contribution is 5.18.